The molecule has 0 fully saturated rings. The van der Waals surface area contributed by atoms with Crippen LogP contribution in [0.1, 0.15) is 20.3 Å². The summed E-state index contributed by atoms with van der Waals surface area (Å²) in [5.41, 5.74) is 0. The second kappa shape index (κ2) is 7.11. The summed E-state index contributed by atoms with van der Waals surface area (Å²) in [5, 5.41) is 8.60. The summed E-state index contributed by atoms with van der Waals surface area (Å²) in [4.78, 5) is 10.5. The van der Waals surface area contributed by atoms with E-state index < -0.39 is 15.8 Å². The average molecular weight is 254 g/mol. The molecule has 90 valence electrons. The van der Waals surface area contributed by atoms with E-state index in [-0.39, 0.29) is 17.4 Å². The minimum atomic E-state index is -2.87. The molecule has 1 N–H and O–H groups in total. The van der Waals surface area contributed by atoms with Gasteiger partial charge in [-0.15, -0.1) is 0 Å². The fraction of sp³-hybridized carbons (Fsp3) is 0.889. The number of sulfone groups is 1. The monoisotopic (exact) mass is 254 g/mol. The molecule has 1 unspecified atom stereocenters. The molecule has 0 saturated carbocycles. The van der Waals surface area contributed by atoms with Gasteiger partial charge in [0.25, 0.3) is 0 Å². The van der Waals surface area contributed by atoms with Gasteiger partial charge in [0.15, 0.2) is 0 Å². The van der Waals surface area contributed by atoms with Crippen LogP contribution >= 0.6 is 11.8 Å². The number of aliphatic carboxylic acids is 1. The van der Waals surface area contributed by atoms with Gasteiger partial charge in [-0.05, 0) is 12.2 Å². The van der Waals surface area contributed by atoms with E-state index in [2.05, 4.69) is 0 Å². The average Bonchev–Trinajstić information content (AvgIpc) is 2.16. The van der Waals surface area contributed by atoms with Crippen molar-refractivity contribution in [2.45, 2.75) is 20.3 Å². The van der Waals surface area contributed by atoms with E-state index in [9.17, 15) is 13.2 Å². The number of carbonyl (C=O) groups is 1. The Morgan fingerprint density at radius 2 is 2.07 bits per heavy atom. The summed E-state index contributed by atoms with van der Waals surface area (Å²) in [7, 11) is -2.87. The molecule has 0 aromatic carbocycles. The third-order valence-corrected chi connectivity index (χ3v) is 5.08. The van der Waals surface area contributed by atoms with Gasteiger partial charge in [-0.25, -0.2) is 8.42 Å². The van der Waals surface area contributed by atoms with Gasteiger partial charge in [-0.3, -0.25) is 4.79 Å². The van der Waals surface area contributed by atoms with E-state index in [4.69, 9.17) is 5.11 Å². The van der Waals surface area contributed by atoms with Crippen LogP contribution in [0.3, 0.4) is 0 Å². The molecule has 0 radical (unpaired) electrons. The van der Waals surface area contributed by atoms with Crippen LogP contribution in [-0.2, 0) is 14.6 Å². The van der Waals surface area contributed by atoms with Crippen LogP contribution in [0.5, 0.6) is 0 Å². The number of carboxylic acids is 1. The summed E-state index contributed by atoms with van der Waals surface area (Å²) in [6.45, 7) is 3.28. The molecule has 0 heterocycles. The second-order valence-electron chi connectivity index (χ2n) is 3.40. The van der Waals surface area contributed by atoms with Crippen molar-refractivity contribution in [1.29, 1.82) is 0 Å². The Morgan fingerprint density at radius 1 is 1.47 bits per heavy atom. The van der Waals surface area contributed by atoms with Gasteiger partial charge in [0.1, 0.15) is 9.84 Å². The molecule has 6 heteroatoms. The Morgan fingerprint density at radius 3 is 2.53 bits per heavy atom. The van der Waals surface area contributed by atoms with Crippen molar-refractivity contribution < 1.29 is 18.3 Å². The van der Waals surface area contributed by atoms with E-state index in [0.717, 1.165) is 0 Å². The highest BCUT2D eigenvalue weighted by atomic mass is 32.2. The number of thioether (sulfide) groups is 1. The zero-order chi connectivity index (χ0) is 11.9. The summed E-state index contributed by atoms with van der Waals surface area (Å²) < 4.78 is 22.2. The first-order valence-corrected chi connectivity index (χ1v) is 7.87. The van der Waals surface area contributed by atoms with Crippen molar-refractivity contribution in [2.24, 2.45) is 5.92 Å². The van der Waals surface area contributed by atoms with Crippen LogP contribution in [0, 0.1) is 5.92 Å². The Hall–Kier alpha value is -0.230. The van der Waals surface area contributed by atoms with E-state index in [1.165, 1.54) is 11.8 Å². The number of hydrogen-bond acceptors (Lipinski definition) is 4. The van der Waals surface area contributed by atoms with Gasteiger partial charge in [-0.2, -0.15) is 11.8 Å². The lowest BCUT2D eigenvalue weighted by Gasteiger charge is -2.05. The molecule has 0 aromatic heterocycles. The first kappa shape index (κ1) is 14.8. The highest BCUT2D eigenvalue weighted by molar-refractivity contribution is 7.99. The zero-order valence-electron chi connectivity index (χ0n) is 9.10. The first-order chi connectivity index (χ1) is 6.89. The van der Waals surface area contributed by atoms with Crippen molar-refractivity contribution in [3.8, 4) is 0 Å². The van der Waals surface area contributed by atoms with Crippen molar-refractivity contribution in [3.05, 3.63) is 0 Å². The Labute approximate surface area is 95.4 Å². The Kier molecular flexibility index (Phi) is 7.00. The smallest absolute Gasteiger partial charge is 0.307 e. The van der Waals surface area contributed by atoms with Crippen LogP contribution in [-0.4, -0.2) is 42.5 Å². The largest absolute Gasteiger partial charge is 0.481 e. The van der Waals surface area contributed by atoms with E-state index in [1.807, 2.05) is 0 Å². The minimum Gasteiger partial charge on any atom is -0.481 e. The molecule has 4 nitrogen and oxygen atoms in total. The van der Waals surface area contributed by atoms with Crippen LogP contribution in [0.2, 0.25) is 0 Å². The molecule has 0 aliphatic heterocycles. The quantitative estimate of drug-likeness (QED) is 0.660. The number of carboxylic acid groups (broad SMARTS) is 1. The van der Waals surface area contributed by atoms with Crippen molar-refractivity contribution in [3.63, 3.8) is 0 Å². The van der Waals surface area contributed by atoms with Crippen LogP contribution in [0.25, 0.3) is 0 Å². The molecule has 0 spiro atoms. The predicted octanol–water partition coefficient (Wildman–Crippen LogP) is 1.27. The van der Waals surface area contributed by atoms with Gasteiger partial charge in [0.05, 0.1) is 11.7 Å². The summed E-state index contributed by atoms with van der Waals surface area (Å²) in [6, 6.07) is 0. The second-order valence-corrected chi connectivity index (χ2v) is 7.03. The maximum atomic E-state index is 11.1. The lowest BCUT2D eigenvalue weighted by Crippen LogP contribution is -2.13. The topological polar surface area (TPSA) is 71.4 Å². The Bertz CT molecular complexity index is 284. The van der Waals surface area contributed by atoms with Gasteiger partial charge in [0.2, 0.25) is 0 Å². The minimum absolute atomic E-state index is 0.184. The third-order valence-electron chi connectivity index (χ3n) is 1.97. The standard InChI is InChI=1S/C9H18O4S2/c1-3-15(12,13)6-4-5-14-7-8(2)9(10)11/h8H,3-7H2,1-2H3,(H,10,11). The van der Waals surface area contributed by atoms with Crippen molar-refractivity contribution >= 4 is 27.6 Å². The molecule has 0 saturated heterocycles. The van der Waals surface area contributed by atoms with Gasteiger partial charge < -0.3 is 5.11 Å². The molecular formula is C9H18O4S2. The summed E-state index contributed by atoms with van der Waals surface area (Å²) in [6.07, 6.45) is 0.604. The maximum Gasteiger partial charge on any atom is 0.307 e. The molecular weight excluding hydrogens is 236 g/mol. The third kappa shape index (κ3) is 7.67. The lowest BCUT2D eigenvalue weighted by molar-refractivity contribution is -0.140. The van der Waals surface area contributed by atoms with Gasteiger partial charge in [-0.1, -0.05) is 13.8 Å². The molecule has 0 aromatic rings. The molecule has 0 amide bonds. The molecule has 1 atom stereocenters. The van der Waals surface area contributed by atoms with Crippen molar-refractivity contribution in [1.82, 2.24) is 0 Å². The summed E-state index contributed by atoms with van der Waals surface area (Å²) in [5.74, 6) is 0.473. The molecule has 0 aliphatic carbocycles. The van der Waals surface area contributed by atoms with Crippen LogP contribution in [0.15, 0.2) is 0 Å². The van der Waals surface area contributed by atoms with Crippen LogP contribution in [0.4, 0.5) is 0 Å². The molecule has 0 aliphatic rings. The first-order valence-electron chi connectivity index (χ1n) is 4.90. The number of rotatable bonds is 8. The highest BCUT2D eigenvalue weighted by Gasteiger charge is 2.11. The highest BCUT2D eigenvalue weighted by Crippen LogP contribution is 2.10. The van der Waals surface area contributed by atoms with E-state index in [1.54, 1.807) is 13.8 Å². The zero-order valence-corrected chi connectivity index (χ0v) is 10.7. The Balaban J connectivity index is 3.53. The molecule has 0 rings (SSSR count). The fourth-order valence-corrected chi connectivity index (χ4v) is 2.92. The SMILES string of the molecule is CCS(=O)(=O)CCCSCC(C)C(=O)O. The number of hydrogen-bond donors (Lipinski definition) is 1. The van der Waals surface area contributed by atoms with Crippen molar-refractivity contribution in [2.75, 3.05) is 23.0 Å². The van der Waals surface area contributed by atoms with E-state index >= 15 is 0 Å². The van der Waals surface area contributed by atoms with Gasteiger partial charge >= 0.3 is 5.97 Å². The normalized spacial score (nSPS) is 13.7. The lowest BCUT2D eigenvalue weighted by atomic mass is 10.2. The molecule has 15 heavy (non-hydrogen) atoms. The summed E-state index contributed by atoms with van der Waals surface area (Å²) >= 11 is 1.50. The van der Waals surface area contributed by atoms with E-state index in [0.29, 0.717) is 17.9 Å². The fourth-order valence-electron chi connectivity index (χ4n) is 0.857. The van der Waals surface area contributed by atoms with Crippen LogP contribution < -0.4 is 0 Å². The maximum absolute atomic E-state index is 11.1. The predicted molar refractivity (Wildman–Crippen MR) is 63.1 cm³/mol. The van der Waals surface area contributed by atoms with Gasteiger partial charge in [0, 0.05) is 11.5 Å². The molecule has 0 bridgehead atoms.